The zero-order chi connectivity index (χ0) is 21.5. The lowest BCUT2D eigenvalue weighted by Gasteiger charge is -2.29. The van der Waals surface area contributed by atoms with Crippen LogP contribution in [0.25, 0.3) is 0 Å². The van der Waals surface area contributed by atoms with Crippen LogP contribution < -0.4 is 20.3 Å². The Hall–Kier alpha value is -2.94. The van der Waals surface area contributed by atoms with E-state index < -0.39 is 0 Å². The van der Waals surface area contributed by atoms with Crippen LogP contribution in [0.3, 0.4) is 0 Å². The third-order valence-corrected chi connectivity index (χ3v) is 5.79. The number of para-hydroxylation sites is 1. The fourth-order valence-corrected chi connectivity index (χ4v) is 4.28. The van der Waals surface area contributed by atoms with Crippen molar-refractivity contribution in [2.45, 2.75) is 13.0 Å². The van der Waals surface area contributed by atoms with Gasteiger partial charge in [0.1, 0.15) is 11.4 Å². The number of benzene rings is 2. The fourth-order valence-electron chi connectivity index (χ4n) is 3.68. The molecule has 2 N–H and O–H groups in total. The first-order valence-corrected chi connectivity index (χ1v) is 10.3. The molecular weight excluding hydrogens is 444 g/mol. The molecule has 0 radical (unpaired) electrons. The molecule has 1 amide bonds. The lowest BCUT2D eigenvalue weighted by atomic mass is 10.00. The topological polar surface area (TPSA) is 79.4 Å². The van der Waals surface area contributed by atoms with Crippen molar-refractivity contribution in [1.29, 1.82) is 0 Å². The number of amides is 1. The Morgan fingerprint density at radius 1 is 1.23 bits per heavy atom. The summed E-state index contributed by atoms with van der Waals surface area (Å²) in [7, 11) is 0. The minimum atomic E-state index is -0.380. The number of fused-ring (bicyclic) bond motifs is 2. The minimum Gasteiger partial charge on any atom is -0.455 e. The van der Waals surface area contributed by atoms with Gasteiger partial charge in [-0.25, -0.2) is 9.37 Å². The maximum absolute atomic E-state index is 14.4. The van der Waals surface area contributed by atoms with E-state index in [4.69, 9.17) is 27.9 Å². The zero-order valence-corrected chi connectivity index (χ0v) is 17.6. The molecule has 1 aromatic heterocycles. The van der Waals surface area contributed by atoms with Crippen LogP contribution in [-0.2, 0) is 13.0 Å². The molecule has 0 unspecified atom stereocenters. The Morgan fingerprint density at radius 2 is 2.03 bits per heavy atom. The average Bonchev–Trinajstić information content (AvgIpc) is 2.75. The molecule has 3 heterocycles. The molecule has 158 valence electrons. The average molecular weight is 460 g/mol. The molecule has 2 aliphatic rings. The van der Waals surface area contributed by atoms with Crippen molar-refractivity contribution in [3.8, 4) is 5.88 Å². The number of halogens is 3. The molecule has 0 fully saturated rings. The fraction of sp³-hybridized carbons (Fsp3) is 0.190. The number of hydrogen-bond acceptors (Lipinski definition) is 6. The minimum absolute atomic E-state index is 0.105. The van der Waals surface area contributed by atoms with Gasteiger partial charge in [-0.05, 0) is 42.8 Å². The lowest BCUT2D eigenvalue weighted by Crippen LogP contribution is -2.39. The van der Waals surface area contributed by atoms with E-state index in [0.29, 0.717) is 33.5 Å². The van der Waals surface area contributed by atoms with Crippen LogP contribution in [0.4, 0.5) is 21.7 Å². The first kappa shape index (κ1) is 20.0. The first-order valence-electron chi connectivity index (χ1n) is 9.56. The Kier molecular flexibility index (Phi) is 5.13. The summed E-state index contributed by atoms with van der Waals surface area (Å²) in [4.78, 5) is 22.8. The van der Waals surface area contributed by atoms with E-state index in [1.165, 1.54) is 17.2 Å². The maximum atomic E-state index is 14.4. The third kappa shape index (κ3) is 3.67. The van der Waals surface area contributed by atoms with E-state index in [1.807, 2.05) is 6.07 Å². The molecule has 0 saturated heterocycles. The summed E-state index contributed by atoms with van der Waals surface area (Å²) >= 11 is 12.4. The predicted molar refractivity (Wildman–Crippen MR) is 116 cm³/mol. The highest BCUT2D eigenvalue weighted by atomic mass is 35.5. The van der Waals surface area contributed by atoms with Crippen molar-refractivity contribution in [2.75, 3.05) is 23.5 Å². The zero-order valence-electron chi connectivity index (χ0n) is 16.1. The number of nitrogens with zero attached hydrogens (tertiary/aromatic N) is 3. The second kappa shape index (κ2) is 7.96. The summed E-state index contributed by atoms with van der Waals surface area (Å²) in [5, 5.41) is 6.81. The first-order chi connectivity index (χ1) is 15.0. The standard InChI is InChI=1S/C21H16Cl2FN5O2/c22-15-2-1-3-16(23)18(15)29-10-31-19-14(20(29)30)9-26-21(28-19)27-12-6-11-4-5-25-8-13(11)17(24)7-12/h1-3,6-7,9,25H,4-5,8,10H2,(H,26,27,28). The Labute approximate surface area is 187 Å². The van der Waals surface area contributed by atoms with E-state index in [1.54, 1.807) is 18.2 Å². The SMILES string of the molecule is O=C1c2cnc(Nc3cc(F)c4c(c3)CCNC4)nc2OCN1c1c(Cl)cccc1Cl. The number of anilines is 3. The van der Waals surface area contributed by atoms with Gasteiger partial charge in [0.2, 0.25) is 11.8 Å². The molecular formula is C21H16Cl2FN5O2. The van der Waals surface area contributed by atoms with Crippen molar-refractivity contribution in [2.24, 2.45) is 0 Å². The summed E-state index contributed by atoms with van der Waals surface area (Å²) in [6.07, 6.45) is 2.10. The number of nitrogens with one attached hydrogen (secondary N) is 2. The molecule has 0 bridgehead atoms. The van der Waals surface area contributed by atoms with Gasteiger partial charge in [-0.2, -0.15) is 4.98 Å². The molecule has 2 aliphatic heterocycles. The molecule has 2 aromatic carbocycles. The van der Waals surface area contributed by atoms with Gasteiger partial charge in [-0.3, -0.25) is 9.69 Å². The highest BCUT2D eigenvalue weighted by Gasteiger charge is 2.31. The van der Waals surface area contributed by atoms with Crippen molar-refractivity contribution in [1.82, 2.24) is 15.3 Å². The van der Waals surface area contributed by atoms with E-state index >= 15 is 0 Å². The number of carbonyl (C=O) groups is 1. The second-order valence-corrected chi connectivity index (χ2v) is 7.95. The summed E-state index contributed by atoms with van der Waals surface area (Å²) in [6.45, 7) is 1.21. The van der Waals surface area contributed by atoms with Crippen LogP contribution >= 0.6 is 23.2 Å². The summed E-state index contributed by atoms with van der Waals surface area (Å²) in [5.41, 5.74) is 2.69. The summed E-state index contributed by atoms with van der Waals surface area (Å²) in [6, 6.07) is 8.27. The van der Waals surface area contributed by atoms with Crippen LogP contribution in [0.2, 0.25) is 10.0 Å². The van der Waals surface area contributed by atoms with Gasteiger partial charge in [0.15, 0.2) is 6.73 Å². The van der Waals surface area contributed by atoms with Gasteiger partial charge in [-0.1, -0.05) is 29.3 Å². The monoisotopic (exact) mass is 459 g/mol. The van der Waals surface area contributed by atoms with Gasteiger partial charge < -0.3 is 15.4 Å². The van der Waals surface area contributed by atoms with E-state index in [0.717, 1.165) is 18.5 Å². The van der Waals surface area contributed by atoms with Gasteiger partial charge in [0.25, 0.3) is 5.91 Å². The van der Waals surface area contributed by atoms with Crippen LogP contribution in [0.1, 0.15) is 21.5 Å². The molecule has 10 heteroatoms. The largest absolute Gasteiger partial charge is 0.455 e. The van der Waals surface area contributed by atoms with Crippen molar-refractivity contribution in [3.63, 3.8) is 0 Å². The van der Waals surface area contributed by atoms with Crippen LogP contribution in [0.5, 0.6) is 5.88 Å². The van der Waals surface area contributed by atoms with Crippen LogP contribution in [0.15, 0.2) is 36.5 Å². The molecule has 0 atom stereocenters. The van der Waals surface area contributed by atoms with Crippen LogP contribution in [0, 0.1) is 5.82 Å². The molecule has 5 rings (SSSR count). The molecule has 7 nitrogen and oxygen atoms in total. The molecule has 0 aliphatic carbocycles. The second-order valence-electron chi connectivity index (χ2n) is 7.14. The maximum Gasteiger partial charge on any atom is 0.268 e. The number of hydrogen-bond donors (Lipinski definition) is 2. The van der Waals surface area contributed by atoms with Gasteiger partial charge >= 0.3 is 0 Å². The molecule has 0 spiro atoms. The van der Waals surface area contributed by atoms with E-state index in [2.05, 4.69) is 20.6 Å². The highest BCUT2D eigenvalue weighted by molar-refractivity contribution is 6.40. The van der Waals surface area contributed by atoms with Crippen LogP contribution in [-0.4, -0.2) is 29.2 Å². The van der Waals surface area contributed by atoms with Crippen molar-refractivity contribution < 1.29 is 13.9 Å². The Bertz CT molecular complexity index is 1190. The van der Waals surface area contributed by atoms with Gasteiger partial charge in [-0.15, -0.1) is 0 Å². The number of ether oxygens (including phenoxy) is 1. The van der Waals surface area contributed by atoms with E-state index in [-0.39, 0.29) is 35.8 Å². The highest BCUT2D eigenvalue weighted by Crippen LogP contribution is 2.37. The molecule has 31 heavy (non-hydrogen) atoms. The Balaban J connectivity index is 1.41. The third-order valence-electron chi connectivity index (χ3n) is 5.18. The Morgan fingerprint density at radius 3 is 2.84 bits per heavy atom. The number of carbonyl (C=O) groups excluding carboxylic acids is 1. The van der Waals surface area contributed by atoms with Gasteiger partial charge in [0.05, 0.1) is 15.7 Å². The van der Waals surface area contributed by atoms with Crippen molar-refractivity contribution in [3.05, 3.63) is 69.1 Å². The van der Waals surface area contributed by atoms with Crippen molar-refractivity contribution >= 4 is 46.4 Å². The quantitative estimate of drug-likeness (QED) is 0.607. The summed E-state index contributed by atoms with van der Waals surface area (Å²) in [5.74, 6) is -0.340. The predicted octanol–water partition coefficient (Wildman–Crippen LogP) is 4.31. The molecule has 0 saturated carbocycles. The normalized spacial score (nSPS) is 15.2. The molecule has 3 aromatic rings. The van der Waals surface area contributed by atoms with Gasteiger partial charge in [0, 0.05) is 24.0 Å². The van der Waals surface area contributed by atoms with E-state index in [9.17, 15) is 9.18 Å². The summed E-state index contributed by atoms with van der Waals surface area (Å²) < 4.78 is 20.1. The number of aromatic nitrogens is 2. The lowest BCUT2D eigenvalue weighted by molar-refractivity contribution is 0.0932. The smallest absolute Gasteiger partial charge is 0.268 e. The number of rotatable bonds is 3.